The van der Waals surface area contributed by atoms with E-state index in [1.807, 2.05) is 0 Å². The van der Waals surface area contributed by atoms with Crippen LogP contribution in [0.4, 0.5) is 0 Å². The molecule has 0 unspecified atom stereocenters. The summed E-state index contributed by atoms with van der Waals surface area (Å²) < 4.78 is 37.3. The summed E-state index contributed by atoms with van der Waals surface area (Å²) in [7, 11) is -0.401. The van der Waals surface area contributed by atoms with Crippen molar-refractivity contribution in [2.45, 2.75) is 12.3 Å². The van der Waals surface area contributed by atoms with Crippen LogP contribution in [0.15, 0.2) is 42.5 Å². The fourth-order valence-electron chi connectivity index (χ4n) is 2.08. The van der Waals surface area contributed by atoms with Crippen molar-refractivity contribution in [3.05, 3.63) is 58.6 Å². The third kappa shape index (κ3) is 5.13. The minimum atomic E-state index is -3.49. The highest BCUT2D eigenvalue weighted by atomic mass is 35.5. The second kappa shape index (κ2) is 7.68. The minimum Gasteiger partial charge on any atom is -0.497 e. The molecular formula is C16H18ClNO4S. The van der Waals surface area contributed by atoms with E-state index in [-0.39, 0.29) is 12.3 Å². The first kappa shape index (κ1) is 17.6. The van der Waals surface area contributed by atoms with Crippen LogP contribution >= 0.6 is 11.6 Å². The number of ether oxygens (including phenoxy) is 2. The molecule has 0 aliphatic rings. The lowest BCUT2D eigenvalue weighted by molar-refractivity contribution is 0.390. The molecule has 0 spiro atoms. The van der Waals surface area contributed by atoms with Crippen molar-refractivity contribution in [3.8, 4) is 11.5 Å². The third-order valence-corrected chi connectivity index (χ3v) is 4.76. The fourth-order valence-corrected chi connectivity index (χ4v) is 3.39. The Kier molecular flexibility index (Phi) is 5.87. The second-order valence-electron chi connectivity index (χ2n) is 4.89. The second-order valence-corrected chi connectivity index (χ2v) is 7.13. The van der Waals surface area contributed by atoms with E-state index in [0.717, 1.165) is 5.56 Å². The lowest BCUT2D eigenvalue weighted by Crippen LogP contribution is -2.25. The standard InChI is InChI=1S/C16H18ClNO4S/c1-21-15-7-6-13(16(9-15)22-2)10-18-23(19,20)11-12-4-3-5-14(17)8-12/h3-9,18H,10-11H2,1-2H3. The van der Waals surface area contributed by atoms with Crippen LogP contribution in [0.3, 0.4) is 0 Å². The zero-order valence-corrected chi connectivity index (χ0v) is 14.4. The van der Waals surface area contributed by atoms with Gasteiger partial charge in [-0.25, -0.2) is 13.1 Å². The molecule has 0 atom stereocenters. The van der Waals surface area contributed by atoms with Gasteiger partial charge in [-0.05, 0) is 23.8 Å². The number of hydrogen-bond acceptors (Lipinski definition) is 4. The van der Waals surface area contributed by atoms with Gasteiger partial charge in [0, 0.05) is 23.2 Å². The first-order valence-electron chi connectivity index (χ1n) is 6.86. The summed E-state index contributed by atoms with van der Waals surface area (Å²) in [6.45, 7) is 0.135. The Bertz CT molecular complexity index is 777. The largest absolute Gasteiger partial charge is 0.497 e. The number of nitrogens with one attached hydrogen (secondary N) is 1. The van der Waals surface area contributed by atoms with Crippen molar-refractivity contribution in [2.75, 3.05) is 14.2 Å². The Hall–Kier alpha value is -1.76. The molecule has 1 N–H and O–H groups in total. The molecule has 0 aliphatic carbocycles. The van der Waals surface area contributed by atoms with Crippen molar-refractivity contribution in [1.29, 1.82) is 0 Å². The van der Waals surface area contributed by atoms with Gasteiger partial charge in [0.2, 0.25) is 10.0 Å². The van der Waals surface area contributed by atoms with Gasteiger partial charge >= 0.3 is 0 Å². The van der Waals surface area contributed by atoms with Crippen LogP contribution in [0.5, 0.6) is 11.5 Å². The lowest BCUT2D eigenvalue weighted by atomic mass is 10.2. The van der Waals surface area contributed by atoms with E-state index in [2.05, 4.69) is 4.72 Å². The zero-order valence-electron chi connectivity index (χ0n) is 12.9. The summed E-state index contributed by atoms with van der Waals surface area (Å²) in [5, 5.41) is 0.509. The quantitative estimate of drug-likeness (QED) is 0.829. The number of rotatable bonds is 7. The van der Waals surface area contributed by atoms with Gasteiger partial charge in [0.15, 0.2) is 0 Å². The molecule has 23 heavy (non-hydrogen) atoms. The summed E-state index contributed by atoms with van der Waals surface area (Å²) in [5.41, 5.74) is 1.36. The first-order valence-corrected chi connectivity index (χ1v) is 8.89. The predicted molar refractivity (Wildman–Crippen MR) is 90.5 cm³/mol. The lowest BCUT2D eigenvalue weighted by Gasteiger charge is -2.12. The number of methoxy groups -OCH3 is 2. The van der Waals surface area contributed by atoms with Crippen LogP contribution < -0.4 is 14.2 Å². The summed E-state index contributed by atoms with van der Waals surface area (Å²) in [6, 6.07) is 12.0. The van der Waals surface area contributed by atoms with Gasteiger partial charge in [0.05, 0.1) is 20.0 Å². The summed E-state index contributed by atoms with van der Waals surface area (Å²) in [6.07, 6.45) is 0. The van der Waals surface area contributed by atoms with E-state index in [0.29, 0.717) is 22.1 Å². The highest BCUT2D eigenvalue weighted by molar-refractivity contribution is 7.88. The molecule has 0 heterocycles. The molecule has 5 nitrogen and oxygen atoms in total. The van der Waals surface area contributed by atoms with Crippen molar-refractivity contribution in [2.24, 2.45) is 0 Å². The average molecular weight is 356 g/mol. The first-order chi connectivity index (χ1) is 10.9. The van der Waals surface area contributed by atoms with E-state index in [1.54, 1.807) is 49.6 Å². The Balaban J connectivity index is 2.07. The van der Waals surface area contributed by atoms with Crippen LogP contribution in [0, 0.1) is 0 Å². The zero-order chi connectivity index (χ0) is 16.9. The molecule has 0 amide bonds. The molecule has 0 saturated carbocycles. The van der Waals surface area contributed by atoms with E-state index in [1.165, 1.54) is 7.11 Å². The Morgan fingerprint density at radius 3 is 2.52 bits per heavy atom. The molecule has 0 fully saturated rings. The molecular weight excluding hydrogens is 338 g/mol. The normalized spacial score (nSPS) is 11.3. The van der Waals surface area contributed by atoms with Crippen molar-refractivity contribution < 1.29 is 17.9 Å². The van der Waals surface area contributed by atoms with Crippen LogP contribution in [-0.2, 0) is 22.3 Å². The van der Waals surface area contributed by atoms with Gasteiger partial charge in [-0.1, -0.05) is 29.8 Å². The van der Waals surface area contributed by atoms with E-state index in [9.17, 15) is 8.42 Å². The summed E-state index contributed by atoms with van der Waals surface area (Å²) >= 11 is 5.87. The van der Waals surface area contributed by atoms with Gasteiger partial charge in [-0.2, -0.15) is 0 Å². The molecule has 0 aromatic heterocycles. The number of hydrogen-bond donors (Lipinski definition) is 1. The highest BCUT2D eigenvalue weighted by Crippen LogP contribution is 2.24. The maximum Gasteiger partial charge on any atom is 0.216 e. The average Bonchev–Trinajstić information content (AvgIpc) is 2.52. The van der Waals surface area contributed by atoms with Crippen molar-refractivity contribution >= 4 is 21.6 Å². The fraction of sp³-hybridized carbons (Fsp3) is 0.250. The highest BCUT2D eigenvalue weighted by Gasteiger charge is 2.13. The monoisotopic (exact) mass is 355 g/mol. The van der Waals surface area contributed by atoms with Crippen molar-refractivity contribution in [1.82, 2.24) is 4.72 Å². The molecule has 2 aromatic rings. The van der Waals surface area contributed by atoms with Gasteiger partial charge in [-0.3, -0.25) is 0 Å². The molecule has 7 heteroatoms. The number of halogens is 1. The summed E-state index contributed by atoms with van der Waals surface area (Å²) in [5.74, 6) is 1.08. The molecule has 2 rings (SSSR count). The van der Waals surface area contributed by atoms with Crippen molar-refractivity contribution in [3.63, 3.8) is 0 Å². The SMILES string of the molecule is COc1ccc(CNS(=O)(=O)Cc2cccc(Cl)c2)c(OC)c1. The van der Waals surface area contributed by atoms with E-state index < -0.39 is 10.0 Å². The van der Waals surface area contributed by atoms with Gasteiger partial charge in [-0.15, -0.1) is 0 Å². The smallest absolute Gasteiger partial charge is 0.216 e. The molecule has 124 valence electrons. The van der Waals surface area contributed by atoms with Gasteiger partial charge in [0.25, 0.3) is 0 Å². The molecule has 0 aliphatic heterocycles. The van der Waals surface area contributed by atoms with Crippen LogP contribution in [0.1, 0.15) is 11.1 Å². The van der Waals surface area contributed by atoms with Crippen LogP contribution in [0.25, 0.3) is 0 Å². The number of sulfonamides is 1. The molecule has 0 radical (unpaired) electrons. The molecule has 2 aromatic carbocycles. The van der Waals surface area contributed by atoms with E-state index >= 15 is 0 Å². The third-order valence-electron chi connectivity index (χ3n) is 3.22. The topological polar surface area (TPSA) is 64.6 Å². The van der Waals surface area contributed by atoms with Crippen LogP contribution in [-0.4, -0.2) is 22.6 Å². The number of benzene rings is 2. The molecule has 0 saturated heterocycles. The van der Waals surface area contributed by atoms with E-state index in [4.69, 9.17) is 21.1 Å². The summed E-state index contributed by atoms with van der Waals surface area (Å²) in [4.78, 5) is 0. The Labute approximate surface area is 141 Å². The van der Waals surface area contributed by atoms with Crippen LogP contribution in [0.2, 0.25) is 5.02 Å². The minimum absolute atomic E-state index is 0.133. The predicted octanol–water partition coefficient (Wildman–Crippen LogP) is 2.98. The Morgan fingerprint density at radius 2 is 1.87 bits per heavy atom. The van der Waals surface area contributed by atoms with Gasteiger partial charge < -0.3 is 9.47 Å². The Morgan fingerprint density at radius 1 is 1.09 bits per heavy atom. The maximum absolute atomic E-state index is 12.2. The van der Waals surface area contributed by atoms with Gasteiger partial charge in [0.1, 0.15) is 11.5 Å². The maximum atomic E-state index is 12.2. The molecule has 0 bridgehead atoms.